The third-order valence-corrected chi connectivity index (χ3v) is 6.07. The van der Waals surface area contributed by atoms with Crippen molar-refractivity contribution in [3.05, 3.63) is 75.3 Å². The van der Waals surface area contributed by atoms with Crippen LogP contribution < -0.4 is 0 Å². The summed E-state index contributed by atoms with van der Waals surface area (Å²) in [4.78, 5) is 4.58. The SMILES string of the molecule is C/C=N\C1=C(CC)CCC(/C(C)=C(/C=C(\C)CC(=N)CCCC)c2ccc(C#N)c(F)c2)=C1. The van der Waals surface area contributed by atoms with E-state index in [1.54, 1.807) is 6.07 Å². The van der Waals surface area contributed by atoms with Gasteiger partial charge in [0.05, 0.1) is 11.3 Å². The lowest BCUT2D eigenvalue weighted by atomic mass is 9.86. The second-order valence-corrected chi connectivity index (χ2v) is 8.62. The highest BCUT2D eigenvalue weighted by atomic mass is 19.1. The Morgan fingerprint density at radius 3 is 2.61 bits per heavy atom. The molecular weight excluding hydrogens is 409 g/mol. The molecule has 0 saturated heterocycles. The van der Waals surface area contributed by atoms with Gasteiger partial charge in [0.2, 0.25) is 0 Å². The minimum atomic E-state index is -0.510. The molecule has 2 rings (SSSR count). The summed E-state index contributed by atoms with van der Waals surface area (Å²) in [6, 6.07) is 6.71. The molecule has 1 N–H and O–H groups in total. The number of nitrogens with zero attached hydrogens (tertiary/aromatic N) is 2. The van der Waals surface area contributed by atoms with Gasteiger partial charge in [-0.05, 0) is 98.9 Å². The first kappa shape index (κ1) is 26.2. The van der Waals surface area contributed by atoms with Crippen molar-refractivity contribution >= 4 is 17.5 Å². The molecule has 0 radical (unpaired) electrons. The quantitative estimate of drug-likeness (QED) is 0.285. The number of aliphatic imine (C=N–C) groups is 1. The largest absolute Gasteiger partial charge is 0.309 e. The van der Waals surface area contributed by atoms with Crippen molar-refractivity contribution in [1.29, 1.82) is 10.7 Å². The smallest absolute Gasteiger partial charge is 0.141 e. The van der Waals surface area contributed by atoms with Gasteiger partial charge in [0.1, 0.15) is 11.9 Å². The van der Waals surface area contributed by atoms with E-state index in [9.17, 15) is 4.39 Å². The van der Waals surface area contributed by atoms with Crippen molar-refractivity contribution < 1.29 is 4.39 Å². The van der Waals surface area contributed by atoms with Crippen LogP contribution in [0.15, 0.2) is 63.3 Å². The molecule has 1 aromatic rings. The first-order valence-corrected chi connectivity index (χ1v) is 11.9. The predicted molar refractivity (Wildman–Crippen MR) is 138 cm³/mol. The normalized spacial score (nSPS) is 15.4. The molecule has 33 heavy (non-hydrogen) atoms. The number of nitrogens with one attached hydrogen (secondary N) is 1. The van der Waals surface area contributed by atoms with E-state index >= 15 is 0 Å². The predicted octanol–water partition coefficient (Wildman–Crippen LogP) is 8.49. The van der Waals surface area contributed by atoms with E-state index in [1.165, 1.54) is 17.2 Å². The lowest BCUT2D eigenvalue weighted by Crippen LogP contribution is -2.02. The summed E-state index contributed by atoms with van der Waals surface area (Å²) in [5, 5.41) is 17.4. The fraction of sp³-hybridized carbons (Fsp3) is 0.414. The van der Waals surface area contributed by atoms with E-state index in [-0.39, 0.29) is 5.56 Å². The molecule has 4 heteroatoms. The van der Waals surface area contributed by atoms with E-state index in [0.29, 0.717) is 6.42 Å². The van der Waals surface area contributed by atoms with Gasteiger partial charge in [-0.3, -0.25) is 4.99 Å². The van der Waals surface area contributed by atoms with Crippen LogP contribution in [0.2, 0.25) is 0 Å². The molecule has 1 aliphatic carbocycles. The van der Waals surface area contributed by atoms with Crippen molar-refractivity contribution in [3.8, 4) is 6.07 Å². The molecule has 1 aliphatic rings. The minimum absolute atomic E-state index is 0.0461. The maximum absolute atomic E-state index is 14.5. The van der Waals surface area contributed by atoms with Gasteiger partial charge < -0.3 is 5.41 Å². The van der Waals surface area contributed by atoms with Gasteiger partial charge in [-0.1, -0.05) is 38.0 Å². The van der Waals surface area contributed by atoms with Crippen LogP contribution in [-0.4, -0.2) is 11.9 Å². The topological polar surface area (TPSA) is 60.0 Å². The Bertz CT molecular complexity index is 1070. The molecule has 3 nitrogen and oxygen atoms in total. The van der Waals surface area contributed by atoms with Crippen molar-refractivity contribution in [2.24, 2.45) is 4.99 Å². The third kappa shape index (κ3) is 7.22. The van der Waals surface area contributed by atoms with E-state index < -0.39 is 5.82 Å². The molecule has 0 fully saturated rings. The average Bonchev–Trinajstić information content (AvgIpc) is 2.80. The zero-order chi connectivity index (χ0) is 24.4. The molecular formula is C29H36FN3. The summed E-state index contributed by atoms with van der Waals surface area (Å²) in [6.45, 7) is 10.3. The van der Waals surface area contributed by atoms with E-state index in [0.717, 1.165) is 72.2 Å². The molecule has 0 amide bonds. The van der Waals surface area contributed by atoms with Gasteiger partial charge in [0, 0.05) is 18.3 Å². The maximum atomic E-state index is 14.5. The Kier molecular flexibility index (Phi) is 10.2. The van der Waals surface area contributed by atoms with Crippen LogP contribution >= 0.6 is 0 Å². The molecule has 0 spiro atoms. The number of rotatable bonds is 10. The van der Waals surface area contributed by atoms with Crippen molar-refractivity contribution in [2.45, 2.75) is 79.6 Å². The summed E-state index contributed by atoms with van der Waals surface area (Å²) < 4.78 is 14.5. The summed E-state index contributed by atoms with van der Waals surface area (Å²) in [6.07, 6.45) is 12.4. The van der Waals surface area contributed by atoms with Gasteiger partial charge in [-0.2, -0.15) is 5.26 Å². The summed E-state index contributed by atoms with van der Waals surface area (Å²) in [7, 11) is 0. The third-order valence-electron chi connectivity index (χ3n) is 6.07. The van der Waals surface area contributed by atoms with E-state index in [1.807, 2.05) is 32.2 Å². The van der Waals surface area contributed by atoms with Crippen molar-refractivity contribution in [1.82, 2.24) is 0 Å². The number of hydrogen-bond donors (Lipinski definition) is 1. The molecule has 0 unspecified atom stereocenters. The molecule has 0 saturated carbocycles. The highest BCUT2D eigenvalue weighted by Gasteiger charge is 2.17. The lowest BCUT2D eigenvalue weighted by Gasteiger charge is -2.20. The fourth-order valence-electron chi connectivity index (χ4n) is 4.14. The Morgan fingerprint density at radius 1 is 1.24 bits per heavy atom. The highest BCUT2D eigenvalue weighted by molar-refractivity contribution is 5.86. The first-order valence-electron chi connectivity index (χ1n) is 11.9. The van der Waals surface area contributed by atoms with Gasteiger partial charge in [0.15, 0.2) is 0 Å². The van der Waals surface area contributed by atoms with Gasteiger partial charge in [-0.25, -0.2) is 4.39 Å². The van der Waals surface area contributed by atoms with Crippen LogP contribution in [0.5, 0.6) is 0 Å². The van der Waals surface area contributed by atoms with Crippen LogP contribution in [0.4, 0.5) is 4.39 Å². The number of nitriles is 1. The number of allylic oxidation sites excluding steroid dienone is 7. The van der Waals surface area contributed by atoms with E-state index in [4.69, 9.17) is 10.7 Å². The van der Waals surface area contributed by atoms with E-state index in [2.05, 4.69) is 37.9 Å². The summed E-state index contributed by atoms with van der Waals surface area (Å²) in [5.74, 6) is -0.510. The molecule has 0 atom stereocenters. The average molecular weight is 446 g/mol. The molecule has 0 heterocycles. The first-order chi connectivity index (χ1) is 15.8. The van der Waals surface area contributed by atoms with Crippen LogP contribution in [0.25, 0.3) is 5.57 Å². The number of hydrogen-bond acceptors (Lipinski definition) is 3. The molecule has 1 aromatic carbocycles. The summed E-state index contributed by atoms with van der Waals surface area (Å²) in [5.41, 5.74) is 8.17. The molecule has 174 valence electrons. The Labute approximate surface area is 198 Å². The van der Waals surface area contributed by atoms with Crippen molar-refractivity contribution in [2.75, 3.05) is 0 Å². The monoisotopic (exact) mass is 445 g/mol. The van der Waals surface area contributed by atoms with Gasteiger partial charge in [0.25, 0.3) is 0 Å². The molecule has 0 aromatic heterocycles. The van der Waals surface area contributed by atoms with Crippen molar-refractivity contribution in [3.63, 3.8) is 0 Å². The highest BCUT2D eigenvalue weighted by Crippen LogP contribution is 2.35. The molecule has 0 bridgehead atoms. The minimum Gasteiger partial charge on any atom is -0.309 e. The number of unbranched alkanes of at least 4 members (excludes halogenated alkanes) is 1. The second kappa shape index (κ2) is 12.8. The number of halogens is 1. The van der Waals surface area contributed by atoms with Crippen LogP contribution in [0, 0.1) is 22.6 Å². The molecule has 0 aliphatic heterocycles. The Balaban J connectivity index is 2.59. The van der Waals surface area contributed by atoms with Crippen LogP contribution in [0.3, 0.4) is 0 Å². The number of benzene rings is 1. The maximum Gasteiger partial charge on any atom is 0.141 e. The fourth-order valence-corrected chi connectivity index (χ4v) is 4.14. The van der Waals surface area contributed by atoms with Gasteiger partial charge >= 0.3 is 0 Å². The Hall–Kier alpha value is -3.06. The second-order valence-electron chi connectivity index (χ2n) is 8.62. The Morgan fingerprint density at radius 2 is 2.00 bits per heavy atom. The zero-order valence-corrected chi connectivity index (χ0v) is 20.7. The van der Waals surface area contributed by atoms with Crippen LogP contribution in [0.1, 0.15) is 90.7 Å². The van der Waals surface area contributed by atoms with Crippen LogP contribution in [-0.2, 0) is 0 Å². The van der Waals surface area contributed by atoms with Gasteiger partial charge in [-0.15, -0.1) is 0 Å². The summed E-state index contributed by atoms with van der Waals surface area (Å²) >= 11 is 0. The zero-order valence-electron chi connectivity index (χ0n) is 20.7. The lowest BCUT2D eigenvalue weighted by molar-refractivity contribution is 0.623. The standard InChI is InChI=1S/C29H36FN3/c1-6-9-10-26(32)15-20(4)16-27(24-13-14-25(19-31)28(30)17-24)21(5)23-12-11-22(7-2)29(18-23)33-8-3/h8,13-14,16-18,32H,6-7,9-12,15H2,1-5H3/b20-16+,27-21-,32-26?,33-8-.